The second kappa shape index (κ2) is 7.07. The molecule has 26 heavy (non-hydrogen) atoms. The van der Waals surface area contributed by atoms with Crippen LogP contribution in [0.4, 0.5) is 0 Å². The first kappa shape index (κ1) is 16.4. The number of amides is 1. The summed E-state index contributed by atoms with van der Waals surface area (Å²) in [6, 6.07) is 9.47. The van der Waals surface area contributed by atoms with E-state index in [4.69, 9.17) is 4.98 Å². The van der Waals surface area contributed by atoms with Crippen LogP contribution in [0.3, 0.4) is 0 Å². The van der Waals surface area contributed by atoms with Crippen molar-refractivity contribution in [2.24, 2.45) is 7.05 Å². The van der Waals surface area contributed by atoms with Crippen LogP contribution in [0.2, 0.25) is 0 Å². The Bertz CT molecular complexity index is 905. The molecule has 0 spiro atoms. The first-order valence-corrected chi connectivity index (χ1v) is 8.85. The molecule has 2 aromatic heterocycles. The Balaban J connectivity index is 1.55. The van der Waals surface area contributed by atoms with Crippen LogP contribution in [-0.4, -0.2) is 43.4 Å². The number of imidazole rings is 1. The van der Waals surface area contributed by atoms with Gasteiger partial charge in [-0.15, -0.1) is 0 Å². The highest BCUT2D eigenvalue weighted by Gasteiger charge is 2.26. The van der Waals surface area contributed by atoms with E-state index in [1.54, 1.807) is 18.7 Å². The summed E-state index contributed by atoms with van der Waals surface area (Å²) in [5, 5.41) is 0. The highest BCUT2D eigenvalue weighted by atomic mass is 16.2. The van der Waals surface area contributed by atoms with Crippen molar-refractivity contribution in [3.8, 4) is 11.4 Å². The summed E-state index contributed by atoms with van der Waals surface area (Å²) < 4.78 is 1.93. The molecule has 0 saturated carbocycles. The van der Waals surface area contributed by atoms with Gasteiger partial charge in [-0.25, -0.2) is 9.97 Å². The molecule has 4 rings (SSSR count). The van der Waals surface area contributed by atoms with Crippen molar-refractivity contribution >= 4 is 5.91 Å². The topological polar surface area (TPSA) is 63.9 Å². The SMILES string of the molecule is Cn1cncc1-c1cncc([C@H]2CCCN(C(=O)c3ccccc3)C2)n1. The number of carbonyl (C=O) groups excluding carboxylic acids is 1. The third-order valence-electron chi connectivity index (χ3n) is 4.88. The smallest absolute Gasteiger partial charge is 0.253 e. The van der Waals surface area contributed by atoms with Crippen LogP contribution in [-0.2, 0) is 7.05 Å². The first-order chi connectivity index (χ1) is 12.7. The van der Waals surface area contributed by atoms with E-state index in [1.165, 1.54) is 0 Å². The van der Waals surface area contributed by atoms with Gasteiger partial charge in [0.2, 0.25) is 0 Å². The molecule has 6 nitrogen and oxygen atoms in total. The number of aromatic nitrogens is 4. The van der Waals surface area contributed by atoms with E-state index in [0.29, 0.717) is 6.54 Å². The molecule has 0 radical (unpaired) electrons. The third kappa shape index (κ3) is 3.22. The zero-order valence-corrected chi connectivity index (χ0v) is 14.7. The predicted octanol–water partition coefficient (Wildman–Crippen LogP) is 2.90. The minimum absolute atomic E-state index is 0.0889. The van der Waals surface area contributed by atoms with Crippen LogP contribution in [0.1, 0.15) is 34.8 Å². The Hall–Kier alpha value is -3.02. The Labute approximate surface area is 152 Å². The maximum Gasteiger partial charge on any atom is 0.253 e. The van der Waals surface area contributed by atoms with E-state index in [-0.39, 0.29) is 11.8 Å². The molecule has 132 valence electrons. The van der Waals surface area contributed by atoms with Crippen LogP contribution in [0.15, 0.2) is 55.2 Å². The van der Waals surface area contributed by atoms with Gasteiger partial charge in [0.05, 0.1) is 30.1 Å². The normalized spacial score (nSPS) is 17.3. The second-order valence-electron chi connectivity index (χ2n) is 6.68. The highest BCUT2D eigenvalue weighted by Crippen LogP contribution is 2.27. The Morgan fingerprint density at radius 2 is 1.96 bits per heavy atom. The largest absolute Gasteiger partial charge is 0.338 e. The number of benzene rings is 1. The second-order valence-corrected chi connectivity index (χ2v) is 6.68. The van der Waals surface area contributed by atoms with Gasteiger partial charge in [-0.3, -0.25) is 9.78 Å². The lowest BCUT2D eigenvalue weighted by Crippen LogP contribution is -2.39. The average Bonchev–Trinajstić information content (AvgIpc) is 3.14. The quantitative estimate of drug-likeness (QED) is 0.731. The number of likely N-dealkylation sites (tertiary alicyclic amines) is 1. The molecule has 0 aliphatic carbocycles. The van der Waals surface area contributed by atoms with Crippen LogP contribution in [0.25, 0.3) is 11.4 Å². The molecule has 3 heterocycles. The van der Waals surface area contributed by atoms with Gasteiger partial charge in [0.15, 0.2) is 0 Å². The monoisotopic (exact) mass is 347 g/mol. The molecule has 3 aromatic rings. The number of aryl methyl sites for hydroxylation is 1. The molecule has 6 heteroatoms. The van der Waals surface area contributed by atoms with Crippen molar-refractivity contribution in [3.63, 3.8) is 0 Å². The standard InChI is InChI=1S/C20H21N5O/c1-24-14-22-12-19(24)18-11-21-10-17(23-18)16-8-5-9-25(13-16)20(26)15-6-3-2-4-7-15/h2-4,6-7,10-12,14,16H,5,8-9,13H2,1H3/t16-/m0/s1. The van der Waals surface area contributed by atoms with Gasteiger partial charge >= 0.3 is 0 Å². The molecule has 1 aliphatic heterocycles. The lowest BCUT2D eigenvalue weighted by molar-refractivity contribution is 0.0706. The summed E-state index contributed by atoms with van der Waals surface area (Å²) >= 11 is 0. The van der Waals surface area contributed by atoms with E-state index in [0.717, 1.165) is 42.0 Å². The molecular weight excluding hydrogens is 326 g/mol. The lowest BCUT2D eigenvalue weighted by Gasteiger charge is -2.32. The Morgan fingerprint density at radius 1 is 1.12 bits per heavy atom. The van der Waals surface area contributed by atoms with E-state index < -0.39 is 0 Å². The van der Waals surface area contributed by atoms with E-state index in [1.807, 2.05) is 53.0 Å². The minimum Gasteiger partial charge on any atom is -0.338 e. The molecule has 0 bridgehead atoms. The number of rotatable bonds is 3. The minimum atomic E-state index is 0.0889. The summed E-state index contributed by atoms with van der Waals surface area (Å²) in [5.74, 6) is 0.295. The Kier molecular flexibility index (Phi) is 4.48. The van der Waals surface area contributed by atoms with E-state index in [2.05, 4.69) is 9.97 Å². The number of hydrogen-bond acceptors (Lipinski definition) is 4. The van der Waals surface area contributed by atoms with Gasteiger partial charge in [-0.05, 0) is 25.0 Å². The zero-order valence-electron chi connectivity index (χ0n) is 14.7. The Morgan fingerprint density at radius 3 is 2.73 bits per heavy atom. The number of nitrogens with zero attached hydrogens (tertiary/aromatic N) is 5. The van der Waals surface area contributed by atoms with Gasteiger partial charge in [-0.2, -0.15) is 0 Å². The van der Waals surface area contributed by atoms with Crippen molar-refractivity contribution in [1.29, 1.82) is 0 Å². The number of carbonyl (C=O) groups is 1. The number of hydrogen-bond donors (Lipinski definition) is 0. The van der Waals surface area contributed by atoms with Crippen molar-refractivity contribution in [1.82, 2.24) is 24.4 Å². The van der Waals surface area contributed by atoms with Gasteiger partial charge in [0, 0.05) is 37.8 Å². The fourth-order valence-electron chi connectivity index (χ4n) is 3.47. The van der Waals surface area contributed by atoms with Gasteiger partial charge in [-0.1, -0.05) is 18.2 Å². The summed E-state index contributed by atoms with van der Waals surface area (Å²) in [4.78, 5) is 28.0. The molecule has 1 aliphatic rings. The summed E-state index contributed by atoms with van der Waals surface area (Å²) in [5.41, 5.74) is 3.43. The van der Waals surface area contributed by atoms with E-state index >= 15 is 0 Å². The fourth-order valence-corrected chi connectivity index (χ4v) is 3.47. The summed E-state index contributed by atoms with van der Waals surface area (Å²) in [6.07, 6.45) is 9.12. The van der Waals surface area contributed by atoms with E-state index in [9.17, 15) is 4.79 Å². The van der Waals surface area contributed by atoms with Gasteiger partial charge in [0.25, 0.3) is 5.91 Å². The molecule has 0 unspecified atom stereocenters. The molecular formula is C20H21N5O. The predicted molar refractivity (Wildman–Crippen MR) is 98.6 cm³/mol. The van der Waals surface area contributed by atoms with Crippen molar-refractivity contribution in [2.45, 2.75) is 18.8 Å². The highest BCUT2D eigenvalue weighted by molar-refractivity contribution is 5.94. The molecule has 1 fully saturated rings. The van der Waals surface area contributed by atoms with Crippen LogP contribution in [0.5, 0.6) is 0 Å². The molecule has 1 aromatic carbocycles. The van der Waals surface area contributed by atoms with Gasteiger partial charge in [0.1, 0.15) is 5.69 Å². The lowest BCUT2D eigenvalue weighted by atomic mass is 9.94. The molecule has 1 amide bonds. The van der Waals surface area contributed by atoms with Crippen molar-refractivity contribution < 1.29 is 4.79 Å². The molecule has 1 saturated heterocycles. The third-order valence-corrected chi connectivity index (χ3v) is 4.88. The van der Waals surface area contributed by atoms with Crippen LogP contribution < -0.4 is 0 Å². The van der Waals surface area contributed by atoms with Crippen molar-refractivity contribution in [3.05, 3.63) is 66.5 Å². The number of piperidine rings is 1. The average molecular weight is 347 g/mol. The fraction of sp³-hybridized carbons (Fsp3) is 0.300. The van der Waals surface area contributed by atoms with Crippen LogP contribution >= 0.6 is 0 Å². The molecule has 1 atom stereocenters. The summed E-state index contributed by atoms with van der Waals surface area (Å²) in [7, 11) is 1.94. The maximum atomic E-state index is 12.8. The first-order valence-electron chi connectivity index (χ1n) is 8.85. The zero-order chi connectivity index (χ0) is 17.9. The van der Waals surface area contributed by atoms with Gasteiger partial charge < -0.3 is 9.47 Å². The summed E-state index contributed by atoms with van der Waals surface area (Å²) in [6.45, 7) is 1.47. The maximum absolute atomic E-state index is 12.8. The molecule has 0 N–H and O–H groups in total. The van der Waals surface area contributed by atoms with Crippen LogP contribution in [0, 0.1) is 0 Å². The van der Waals surface area contributed by atoms with Crippen molar-refractivity contribution in [2.75, 3.05) is 13.1 Å².